The van der Waals surface area contributed by atoms with Gasteiger partial charge in [-0.2, -0.15) is 4.98 Å². The van der Waals surface area contributed by atoms with Crippen LogP contribution in [0.2, 0.25) is 0 Å². The van der Waals surface area contributed by atoms with E-state index < -0.39 is 0 Å². The number of rotatable bonds is 6. The van der Waals surface area contributed by atoms with E-state index in [4.69, 9.17) is 4.74 Å². The summed E-state index contributed by atoms with van der Waals surface area (Å²) in [5.41, 5.74) is 0. The molecule has 1 amide bonds. The lowest BCUT2D eigenvalue weighted by Gasteiger charge is -2.04. The highest BCUT2D eigenvalue weighted by Crippen LogP contribution is 2.13. The summed E-state index contributed by atoms with van der Waals surface area (Å²) >= 11 is 1.50. The normalized spacial score (nSPS) is 10.2. The fraction of sp³-hybridized carbons (Fsp3) is 0.250. The maximum atomic E-state index is 11.6. The van der Waals surface area contributed by atoms with Gasteiger partial charge in [0.25, 0.3) is 5.91 Å². The molecule has 0 radical (unpaired) electrons. The number of hydrogen-bond acceptors (Lipinski definition) is 5. The van der Waals surface area contributed by atoms with Gasteiger partial charge in [0, 0.05) is 0 Å². The zero-order chi connectivity index (χ0) is 13.5. The smallest absolute Gasteiger partial charge is 0.264 e. The number of aromatic amines is 1. The largest absolute Gasteiger partial charge is 0.484 e. The number of thioether (sulfide) groups is 1. The SMILES string of the molecule is CCSc1n[nH]c(NC(=O)COc2ccccc2)n1. The number of ether oxygens (including phenoxy) is 1. The van der Waals surface area contributed by atoms with E-state index in [9.17, 15) is 4.79 Å². The fourth-order valence-electron chi connectivity index (χ4n) is 1.33. The van der Waals surface area contributed by atoms with Crippen molar-refractivity contribution in [3.8, 4) is 5.75 Å². The second-order valence-electron chi connectivity index (χ2n) is 3.55. The van der Waals surface area contributed by atoms with E-state index >= 15 is 0 Å². The first-order valence-electron chi connectivity index (χ1n) is 5.81. The van der Waals surface area contributed by atoms with Crippen LogP contribution in [0.3, 0.4) is 0 Å². The number of anilines is 1. The van der Waals surface area contributed by atoms with Gasteiger partial charge in [0.2, 0.25) is 11.1 Å². The van der Waals surface area contributed by atoms with Crippen LogP contribution in [0, 0.1) is 0 Å². The number of carbonyl (C=O) groups excluding carboxylic acids is 1. The summed E-state index contributed by atoms with van der Waals surface area (Å²) in [6.07, 6.45) is 0. The van der Waals surface area contributed by atoms with E-state index in [0.29, 0.717) is 16.9 Å². The molecule has 0 aliphatic rings. The minimum Gasteiger partial charge on any atom is -0.484 e. The van der Waals surface area contributed by atoms with Crippen LogP contribution in [-0.4, -0.2) is 33.4 Å². The van der Waals surface area contributed by atoms with Gasteiger partial charge in [0.15, 0.2) is 6.61 Å². The van der Waals surface area contributed by atoms with E-state index in [1.54, 1.807) is 12.1 Å². The molecule has 0 saturated carbocycles. The molecule has 19 heavy (non-hydrogen) atoms. The summed E-state index contributed by atoms with van der Waals surface area (Å²) in [7, 11) is 0. The van der Waals surface area contributed by atoms with Gasteiger partial charge in [0.05, 0.1) is 0 Å². The Morgan fingerprint density at radius 2 is 2.21 bits per heavy atom. The number of nitrogens with zero attached hydrogens (tertiary/aromatic N) is 2. The van der Waals surface area contributed by atoms with Gasteiger partial charge >= 0.3 is 0 Å². The lowest BCUT2D eigenvalue weighted by molar-refractivity contribution is -0.118. The van der Waals surface area contributed by atoms with Crippen LogP contribution in [0.4, 0.5) is 5.95 Å². The number of carbonyl (C=O) groups is 1. The van der Waals surface area contributed by atoms with Crippen molar-refractivity contribution in [2.45, 2.75) is 12.1 Å². The maximum absolute atomic E-state index is 11.6. The molecule has 0 atom stereocenters. The van der Waals surface area contributed by atoms with Crippen LogP contribution in [0.1, 0.15) is 6.92 Å². The van der Waals surface area contributed by atoms with Gasteiger partial charge in [-0.3, -0.25) is 10.1 Å². The van der Waals surface area contributed by atoms with Gasteiger partial charge < -0.3 is 4.74 Å². The molecular formula is C12H14N4O2S. The Hall–Kier alpha value is -2.02. The van der Waals surface area contributed by atoms with Crippen molar-refractivity contribution in [3.05, 3.63) is 30.3 Å². The van der Waals surface area contributed by atoms with Gasteiger partial charge in [-0.05, 0) is 17.9 Å². The standard InChI is InChI=1S/C12H14N4O2S/c1-2-19-12-14-11(15-16-12)13-10(17)8-18-9-6-4-3-5-7-9/h3-7H,2,8H2,1H3,(H2,13,14,15,16,17). The maximum Gasteiger partial charge on any atom is 0.264 e. The van der Waals surface area contributed by atoms with Crippen LogP contribution in [0.5, 0.6) is 5.75 Å². The molecule has 1 aromatic heterocycles. The summed E-state index contributed by atoms with van der Waals surface area (Å²) in [5, 5.41) is 9.80. The van der Waals surface area contributed by atoms with E-state index in [1.165, 1.54) is 11.8 Å². The van der Waals surface area contributed by atoms with Gasteiger partial charge in [0.1, 0.15) is 5.75 Å². The molecule has 2 N–H and O–H groups in total. The summed E-state index contributed by atoms with van der Waals surface area (Å²) in [6, 6.07) is 9.15. The van der Waals surface area contributed by atoms with E-state index in [0.717, 1.165) is 5.75 Å². The number of H-pyrrole nitrogens is 1. The summed E-state index contributed by atoms with van der Waals surface area (Å²) in [4.78, 5) is 15.7. The van der Waals surface area contributed by atoms with Crippen molar-refractivity contribution in [1.82, 2.24) is 15.2 Å². The first-order chi connectivity index (χ1) is 9.28. The third-order valence-electron chi connectivity index (χ3n) is 2.11. The third-order valence-corrected chi connectivity index (χ3v) is 2.84. The predicted octanol–water partition coefficient (Wildman–Crippen LogP) is 1.93. The molecule has 6 nitrogen and oxygen atoms in total. The van der Waals surface area contributed by atoms with Crippen LogP contribution < -0.4 is 10.1 Å². The monoisotopic (exact) mass is 278 g/mol. The van der Waals surface area contributed by atoms with Crippen LogP contribution >= 0.6 is 11.8 Å². The second kappa shape index (κ2) is 6.79. The van der Waals surface area contributed by atoms with Gasteiger partial charge in [-0.1, -0.05) is 36.9 Å². The van der Waals surface area contributed by atoms with E-state index in [2.05, 4.69) is 20.5 Å². The molecule has 0 unspecified atom stereocenters. The Bertz CT molecular complexity index is 530. The van der Waals surface area contributed by atoms with Crippen LogP contribution in [0.25, 0.3) is 0 Å². The molecule has 0 bridgehead atoms. The molecule has 2 aromatic rings. The Morgan fingerprint density at radius 1 is 1.42 bits per heavy atom. The van der Waals surface area contributed by atoms with Crippen LogP contribution in [-0.2, 0) is 4.79 Å². The molecule has 0 saturated heterocycles. The Morgan fingerprint density at radius 3 is 2.95 bits per heavy atom. The van der Waals surface area contributed by atoms with Crippen molar-refractivity contribution in [3.63, 3.8) is 0 Å². The molecule has 0 aliphatic heterocycles. The van der Waals surface area contributed by atoms with Crippen molar-refractivity contribution < 1.29 is 9.53 Å². The molecule has 0 spiro atoms. The fourth-order valence-corrected chi connectivity index (χ4v) is 1.85. The van der Waals surface area contributed by atoms with Crippen molar-refractivity contribution >= 4 is 23.6 Å². The number of benzene rings is 1. The van der Waals surface area contributed by atoms with Gasteiger partial charge in [-0.15, -0.1) is 5.10 Å². The molecule has 2 rings (SSSR count). The minimum atomic E-state index is -0.284. The zero-order valence-electron chi connectivity index (χ0n) is 10.4. The molecule has 1 aromatic carbocycles. The quantitative estimate of drug-likeness (QED) is 0.789. The topological polar surface area (TPSA) is 79.9 Å². The van der Waals surface area contributed by atoms with Crippen molar-refractivity contribution in [1.29, 1.82) is 0 Å². The van der Waals surface area contributed by atoms with Crippen molar-refractivity contribution in [2.75, 3.05) is 17.7 Å². The van der Waals surface area contributed by atoms with Crippen molar-refractivity contribution in [2.24, 2.45) is 0 Å². The lowest BCUT2D eigenvalue weighted by Crippen LogP contribution is -2.20. The highest BCUT2D eigenvalue weighted by atomic mass is 32.2. The molecular weight excluding hydrogens is 264 g/mol. The van der Waals surface area contributed by atoms with Gasteiger partial charge in [-0.25, -0.2) is 5.10 Å². The lowest BCUT2D eigenvalue weighted by atomic mass is 10.3. The Labute approximate surface area is 115 Å². The summed E-state index contributed by atoms with van der Waals surface area (Å²) in [6.45, 7) is 1.94. The summed E-state index contributed by atoms with van der Waals surface area (Å²) < 4.78 is 5.31. The van der Waals surface area contributed by atoms with E-state index in [-0.39, 0.29) is 12.5 Å². The average molecular weight is 278 g/mol. The predicted molar refractivity (Wildman–Crippen MR) is 73.3 cm³/mol. The second-order valence-corrected chi connectivity index (χ2v) is 4.78. The average Bonchev–Trinajstić information content (AvgIpc) is 2.85. The van der Waals surface area contributed by atoms with E-state index in [1.807, 2.05) is 25.1 Å². The molecule has 0 fully saturated rings. The highest BCUT2D eigenvalue weighted by Gasteiger charge is 2.07. The summed E-state index contributed by atoms with van der Waals surface area (Å²) in [5.74, 6) is 1.57. The van der Waals surface area contributed by atoms with Crippen LogP contribution in [0.15, 0.2) is 35.5 Å². The number of amides is 1. The Kier molecular flexibility index (Phi) is 4.79. The number of para-hydroxylation sites is 1. The molecule has 1 heterocycles. The first-order valence-corrected chi connectivity index (χ1v) is 6.79. The minimum absolute atomic E-state index is 0.0685. The molecule has 0 aliphatic carbocycles. The molecule has 100 valence electrons. The number of nitrogens with one attached hydrogen (secondary N) is 2. The Balaban J connectivity index is 1.80. The molecule has 7 heteroatoms. The zero-order valence-corrected chi connectivity index (χ0v) is 11.2. The third kappa shape index (κ3) is 4.29. The highest BCUT2D eigenvalue weighted by molar-refractivity contribution is 7.99. The number of aromatic nitrogens is 3. The number of hydrogen-bond donors (Lipinski definition) is 2. The first kappa shape index (κ1) is 13.4.